The molecule has 1 aliphatic carbocycles. The molecule has 26 heavy (non-hydrogen) atoms. The number of nitrogens with zero attached hydrogens (tertiary/aromatic N) is 3. The lowest BCUT2D eigenvalue weighted by Gasteiger charge is -2.17. The molecule has 1 amide bonds. The van der Waals surface area contributed by atoms with Gasteiger partial charge < -0.3 is 4.90 Å². The first-order valence-corrected chi connectivity index (χ1v) is 9.97. The summed E-state index contributed by atoms with van der Waals surface area (Å²) < 4.78 is 0. The lowest BCUT2D eigenvalue weighted by Crippen LogP contribution is -2.28. The highest BCUT2D eigenvalue weighted by molar-refractivity contribution is 7.10. The summed E-state index contributed by atoms with van der Waals surface area (Å²) in [5, 5.41) is 3.74. The fraction of sp³-hybridized carbons (Fsp3) is 0.250. The number of benzene rings is 1. The third kappa shape index (κ3) is 2.81. The zero-order valence-electron chi connectivity index (χ0n) is 14.0. The Labute approximate surface area is 160 Å². The third-order valence-electron chi connectivity index (χ3n) is 4.94. The molecule has 130 valence electrons. The molecule has 1 aromatic carbocycles. The van der Waals surface area contributed by atoms with Crippen molar-refractivity contribution in [3.05, 3.63) is 63.2 Å². The molecular weight excluding hydrogens is 366 g/mol. The van der Waals surface area contributed by atoms with E-state index in [0.717, 1.165) is 23.4 Å². The van der Waals surface area contributed by atoms with Crippen molar-refractivity contribution in [3.8, 4) is 11.3 Å². The molecule has 0 radical (unpaired) electrons. The van der Waals surface area contributed by atoms with Gasteiger partial charge in [0.1, 0.15) is 5.15 Å². The van der Waals surface area contributed by atoms with E-state index in [-0.39, 0.29) is 5.91 Å². The van der Waals surface area contributed by atoms with Crippen molar-refractivity contribution in [2.45, 2.75) is 25.2 Å². The van der Waals surface area contributed by atoms with Gasteiger partial charge in [0, 0.05) is 40.9 Å². The van der Waals surface area contributed by atoms with Crippen molar-refractivity contribution in [3.63, 3.8) is 0 Å². The van der Waals surface area contributed by atoms with E-state index in [2.05, 4.69) is 22.5 Å². The highest BCUT2D eigenvalue weighted by Crippen LogP contribution is 2.43. The van der Waals surface area contributed by atoms with Crippen LogP contribution < -0.4 is 4.90 Å². The van der Waals surface area contributed by atoms with Crippen LogP contribution in [0, 0.1) is 0 Å². The summed E-state index contributed by atoms with van der Waals surface area (Å²) in [6.07, 6.45) is 4.96. The largest absolute Gasteiger partial charge is 0.308 e. The van der Waals surface area contributed by atoms with Crippen molar-refractivity contribution in [1.82, 2.24) is 9.97 Å². The van der Waals surface area contributed by atoms with E-state index in [0.29, 0.717) is 23.2 Å². The number of hydrogen-bond donors (Lipinski definition) is 0. The topological polar surface area (TPSA) is 46.1 Å². The molecular formula is C20H16ClN3OS. The van der Waals surface area contributed by atoms with Gasteiger partial charge in [-0.25, -0.2) is 9.97 Å². The maximum absolute atomic E-state index is 12.8. The van der Waals surface area contributed by atoms with Gasteiger partial charge in [-0.15, -0.1) is 11.3 Å². The van der Waals surface area contributed by atoms with Gasteiger partial charge in [0.05, 0.1) is 10.7 Å². The Kier molecular flexibility index (Phi) is 3.80. The van der Waals surface area contributed by atoms with Crippen molar-refractivity contribution < 1.29 is 4.79 Å². The number of hydrogen-bond acceptors (Lipinski definition) is 4. The minimum Gasteiger partial charge on any atom is -0.308 e. The van der Waals surface area contributed by atoms with Crippen molar-refractivity contribution in [2.24, 2.45) is 0 Å². The number of amides is 1. The quantitative estimate of drug-likeness (QED) is 0.604. The number of halogens is 1. The van der Waals surface area contributed by atoms with Crippen LogP contribution in [0.1, 0.15) is 39.7 Å². The molecule has 2 aliphatic rings. The van der Waals surface area contributed by atoms with Gasteiger partial charge >= 0.3 is 0 Å². The lowest BCUT2D eigenvalue weighted by molar-refractivity contribution is 0.0989. The summed E-state index contributed by atoms with van der Waals surface area (Å²) >= 11 is 7.68. The molecule has 1 aliphatic heterocycles. The predicted molar refractivity (Wildman–Crippen MR) is 104 cm³/mol. The van der Waals surface area contributed by atoms with Crippen LogP contribution in [0.2, 0.25) is 5.15 Å². The molecule has 0 bridgehead atoms. The Balaban J connectivity index is 1.43. The monoisotopic (exact) mass is 381 g/mol. The van der Waals surface area contributed by atoms with Gasteiger partial charge in [-0.1, -0.05) is 17.7 Å². The van der Waals surface area contributed by atoms with Gasteiger partial charge in [0.15, 0.2) is 0 Å². The summed E-state index contributed by atoms with van der Waals surface area (Å²) in [7, 11) is 0. The van der Waals surface area contributed by atoms with Crippen molar-refractivity contribution in [1.29, 1.82) is 0 Å². The summed E-state index contributed by atoms with van der Waals surface area (Å²) in [6.45, 7) is 0.682. The lowest BCUT2D eigenvalue weighted by atomic mass is 10.1. The van der Waals surface area contributed by atoms with E-state index in [1.807, 2.05) is 11.0 Å². The van der Waals surface area contributed by atoms with Gasteiger partial charge in [-0.3, -0.25) is 4.79 Å². The smallest absolute Gasteiger partial charge is 0.258 e. The van der Waals surface area contributed by atoms with Crippen LogP contribution in [-0.4, -0.2) is 22.4 Å². The number of pyridine rings is 1. The standard InChI is InChI=1S/C20H16ClN3OS/c21-18-10-15(5-7-22-18)20(25)24-8-6-14-9-13(3-4-17(14)24)16-11-26-19(23-16)12-1-2-12/h3-5,7,9-12H,1-2,6,8H2. The fourth-order valence-corrected chi connectivity index (χ4v) is 4.58. The molecule has 3 heterocycles. The van der Waals surface area contributed by atoms with E-state index < -0.39 is 0 Å². The first kappa shape index (κ1) is 16.0. The van der Waals surface area contributed by atoms with Crippen molar-refractivity contribution in [2.75, 3.05) is 11.4 Å². The highest BCUT2D eigenvalue weighted by atomic mass is 35.5. The van der Waals surface area contributed by atoms with E-state index in [9.17, 15) is 4.79 Å². The molecule has 4 nitrogen and oxygen atoms in total. The Morgan fingerprint density at radius 1 is 1.23 bits per heavy atom. The van der Waals surface area contributed by atoms with Gasteiger partial charge in [0.2, 0.25) is 0 Å². The SMILES string of the molecule is O=C(c1ccnc(Cl)c1)N1CCc2cc(-c3csc(C4CC4)n3)ccc21. The highest BCUT2D eigenvalue weighted by Gasteiger charge is 2.28. The number of anilines is 1. The molecule has 1 saturated carbocycles. The third-order valence-corrected chi connectivity index (χ3v) is 6.15. The number of fused-ring (bicyclic) bond motifs is 1. The second kappa shape index (κ2) is 6.18. The molecule has 0 atom stereocenters. The zero-order chi connectivity index (χ0) is 17.7. The summed E-state index contributed by atoms with van der Waals surface area (Å²) in [6, 6.07) is 9.60. The van der Waals surface area contributed by atoms with E-state index in [1.165, 1.54) is 23.4 Å². The van der Waals surface area contributed by atoms with E-state index >= 15 is 0 Å². The second-order valence-corrected chi connectivity index (χ2v) is 8.04. The average molecular weight is 382 g/mol. The number of thiazole rings is 1. The zero-order valence-corrected chi connectivity index (χ0v) is 15.6. The first-order chi connectivity index (χ1) is 12.7. The second-order valence-electron chi connectivity index (χ2n) is 6.76. The number of aromatic nitrogens is 2. The van der Waals surface area contributed by atoms with Crippen LogP contribution in [0.3, 0.4) is 0 Å². The summed E-state index contributed by atoms with van der Waals surface area (Å²) in [5.41, 5.74) is 4.91. The molecule has 3 aromatic rings. The minimum atomic E-state index is -0.0366. The molecule has 0 spiro atoms. The molecule has 0 N–H and O–H groups in total. The Bertz CT molecular complexity index is 1010. The Morgan fingerprint density at radius 2 is 2.12 bits per heavy atom. The van der Waals surface area contributed by atoms with Crippen molar-refractivity contribution >= 4 is 34.5 Å². The molecule has 0 saturated heterocycles. The molecule has 5 rings (SSSR count). The maximum Gasteiger partial charge on any atom is 0.258 e. The molecule has 6 heteroatoms. The summed E-state index contributed by atoms with van der Waals surface area (Å²) in [5.74, 6) is 0.647. The maximum atomic E-state index is 12.8. The van der Waals surface area contributed by atoms with Crippen LogP contribution in [0.4, 0.5) is 5.69 Å². The molecule has 2 aromatic heterocycles. The van der Waals surface area contributed by atoms with Gasteiger partial charge in [0.25, 0.3) is 5.91 Å². The van der Waals surface area contributed by atoms with Crippen LogP contribution in [0.25, 0.3) is 11.3 Å². The van der Waals surface area contributed by atoms with Gasteiger partial charge in [-0.2, -0.15) is 0 Å². The Morgan fingerprint density at radius 3 is 2.92 bits per heavy atom. The van der Waals surface area contributed by atoms with Crippen LogP contribution in [0.15, 0.2) is 41.9 Å². The van der Waals surface area contributed by atoms with E-state index in [4.69, 9.17) is 16.6 Å². The number of carbonyl (C=O) groups is 1. The first-order valence-electron chi connectivity index (χ1n) is 8.71. The van der Waals surface area contributed by atoms with Crippen LogP contribution in [-0.2, 0) is 6.42 Å². The Hall–Kier alpha value is -2.24. The molecule has 0 unspecified atom stereocenters. The normalized spacial score (nSPS) is 16.0. The minimum absolute atomic E-state index is 0.0366. The summed E-state index contributed by atoms with van der Waals surface area (Å²) in [4.78, 5) is 23.4. The average Bonchev–Trinajstić information content (AvgIpc) is 3.23. The number of rotatable bonds is 3. The van der Waals surface area contributed by atoms with Gasteiger partial charge in [-0.05, 0) is 49.1 Å². The number of carbonyl (C=O) groups excluding carboxylic acids is 1. The fourth-order valence-electron chi connectivity index (χ4n) is 3.40. The van der Waals surface area contributed by atoms with E-state index in [1.54, 1.807) is 29.7 Å². The van der Waals surface area contributed by atoms with Crippen LogP contribution >= 0.6 is 22.9 Å². The predicted octanol–water partition coefficient (Wildman–Crippen LogP) is 4.94. The molecule has 1 fully saturated rings. The van der Waals surface area contributed by atoms with Crippen LogP contribution in [0.5, 0.6) is 0 Å².